The molecular formula is C14H15N3O2. The quantitative estimate of drug-likeness (QED) is 0.862. The van der Waals surface area contributed by atoms with Crippen LogP contribution in [0.4, 0.5) is 0 Å². The van der Waals surface area contributed by atoms with Gasteiger partial charge in [-0.05, 0) is 25.0 Å². The van der Waals surface area contributed by atoms with Gasteiger partial charge in [0.25, 0.3) is 5.91 Å². The van der Waals surface area contributed by atoms with Crippen molar-refractivity contribution >= 4 is 5.91 Å². The normalized spacial score (nSPS) is 16.1. The second-order valence-electron chi connectivity index (χ2n) is 4.88. The van der Waals surface area contributed by atoms with Crippen LogP contribution < -0.4 is 5.32 Å². The minimum absolute atomic E-state index is 0.0157. The van der Waals surface area contributed by atoms with Gasteiger partial charge in [-0.1, -0.05) is 18.2 Å². The highest BCUT2D eigenvalue weighted by Crippen LogP contribution is 2.34. The van der Waals surface area contributed by atoms with Crippen LogP contribution in [0.2, 0.25) is 0 Å². The van der Waals surface area contributed by atoms with Crippen LogP contribution in [0.5, 0.6) is 0 Å². The number of nitrogens with one attached hydrogen (secondary N) is 1. The van der Waals surface area contributed by atoms with Crippen molar-refractivity contribution in [2.75, 3.05) is 6.61 Å². The predicted octanol–water partition coefficient (Wildman–Crippen LogP) is 1.13. The maximum Gasteiger partial charge on any atom is 0.270 e. The van der Waals surface area contributed by atoms with E-state index in [0.717, 1.165) is 18.5 Å². The van der Waals surface area contributed by atoms with E-state index in [4.69, 9.17) is 0 Å². The molecule has 1 aliphatic rings. The van der Waals surface area contributed by atoms with E-state index in [-0.39, 0.29) is 12.5 Å². The molecule has 1 fully saturated rings. The zero-order valence-electron chi connectivity index (χ0n) is 10.4. The molecule has 0 aliphatic heterocycles. The highest BCUT2D eigenvalue weighted by molar-refractivity contribution is 5.93. The summed E-state index contributed by atoms with van der Waals surface area (Å²) >= 11 is 0. The number of imidazole rings is 1. The molecule has 0 bridgehead atoms. The molecule has 0 saturated heterocycles. The number of hydrogen-bond donors (Lipinski definition) is 2. The SMILES string of the molecule is O=C(NC1(CO)CC1)c1cncn1-c1ccccc1. The van der Waals surface area contributed by atoms with E-state index >= 15 is 0 Å². The molecule has 0 atom stereocenters. The van der Waals surface area contributed by atoms with E-state index in [2.05, 4.69) is 10.3 Å². The number of benzene rings is 1. The molecule has 5 heteroatoms. The first-order chi connectivity index (χ1) is 9.24. The van der Waals surface area contributed by atoms with Gasteiger partial charge in [0.1, 0.15) is 5.69 Å². The fourth-order valence-electron chi connectivity index (χ4n) is 2.04. The summed E-state index contributed by atoms with van der Waals surface area (Å²) in [6, 6.07) is 9.57. The van der Waals surface area contributed by atoms with Crippen LogP contribution in [-0.4, -0.2) is 32.7 Å². The Balaban J connectivity index is 1.86. The topological polar surface area (TPSA) is 67.2 Å². The Hall–Kier alpha value is -2.14. The van der Waals surface area contributed by atoms with E-state index in [0.29, 0.717) is 5.69 Å². The number of carbonyl (C=O) groups is 1. The van der Waals surface area contributed by atoms with Crippen LogP contribution in [-0.2, 0) is 0 Å². The fourth-order valence-corrected chi connectivity index (χ4v) is 2.04. The van der Waals surface area contributed by atoms with E-state index < -0.39 is 5.54 Å². The summed E-state index contributed by atoms with van der Waals surface area (Å²) in [5, 5.41) is 12.1. The number of aromatic nitrogens is 2. The number of nitrogens with zero attached hydrogens (tertiary/aromatic N) is 2. The summed E-state index contributed by atoms with van der Waals surface area (Å²) in [6.07, 6.45) is 4.81. The largest absolute Gasteiger partial charge is 0.394 e. The summed E-state index contributed by atoms with van der Waals surface area (Å²) in [5.74, 6) is -0.201. The Kier molecular flexibility index (Phi) is 2.83. The van der Waals surface area contributed by atoms with Crippen LogP contribution >= 0.6 is 0 Å². The molecule has 1 heterocycles. The number of hydrogen-bond acceptors (Lipinski definition) is 3. The Labute approximate surface area is 110 Å². The molecule has 19 heavy (non-hydrogen) atoms. The van der Waals surface area contributed by atoms with Crippen molar-refractivity contribution in [1.29, 1.82) is 0 Å². The highest BCUT2D eigenvalue weighted by Gasteiger charge is 2.43. The van der Waals surface area contributed by atoms with Gasteiger partial charge in [0.05, 0.1) is 24.7 Å². The molecule has 1 saturated carbocycles. The smallest absolute Gasteiger partial charge is 0.270 e. The van der Waals surface area contributed by atoms with Crippen molar-refractivity contribution in [2.24, 2.45) is 0 Å². The van der Waals surface area contributed by atoms with Crippen LogP contribution in [0.3, 0.4) is 0 Å². The molecule has 2 aromatic rings. The van der Waals surface area contributed by atoms with E-state index in [1.807, 2.05) is 30.3 Å². The Morgan fingerprint density at radius 2 is 2.11 bits per heavy atom. The van der Waals surface area contributed by atoms with Crippen molar-refractivity contribution in [3.05, 3.63) is 48.5 Å². The molecule has 1 aromatic heterocycles. The molecule has 0 spiro atoms. The average molecular weight is 257 g/mol. The second-order valence-corrected chi connectivity index (χ2v) is 4.88. The highest BCUT2D eigenvalue weighted by atomic mass is 16.3. The van der Waals surface area contributed by atoms with Crippen molar-refractivity contribution in [3.63, 3.8) is 0 Å². The zero-order chi connectivity index (χ0) is 13.3. The van der Waals surface area contributed by atoms with E-state index in [9.17, 15) is 9.90 Å². The number of para-hydroxylation sites is 1. The minimum atomic E-state index is -0.414. The second kappa shape index (κ2) is 4.51. The van der Waals surface area contributed by atoms with E-state index in [1.54, 1.807) is 10.9 Å². The molecule has 2 N–H and O–H groups in total. The van der Waals surface area contributed by atoms with Gasteiger partial charge in [-0.3, -0.25) is 9.36 Å². The van der Waals surface area contributed by atoms with E-state index in [1.165, 1.54) is 6.20 Å². The maximum absolute atomic E-state index is 12.2. The van der Waals surface area contributed by atoms with Crippen LogP contribution in [0.25, 0.3) is 5.69 Å². The third-order valence-corrected chi connectivity index (χ3v) is 3.44. The van der Waals surface area contributed by atoms with Gasteiger partial charge in [0.2, 0.25) is 0 Å². The Morgan fingerprint density at radius 1 is 1.37 bits per heavy atom. The molecule has 98 valence electrons. The summed E-state index contributed by atoms with van der Waals surface area (Å²) in [4.78, 5) is 16.3. The number of rotatable bonds is 4. The Morgan fingerprint density at radius 3 is 2.74 bits per heavy atom. The monoisotopic (exact) mass is 257 g/mol. The Bertz CT molecular complexity index is 588. The third-order valence-electron chi connectivity index (χ3n) is 3.44. The van der Waals surface area contributed by atoms with Crippen LogP contribution in [0.1, 0.15) is 23.3 Å². The molecule has 1 amide bonds. The number of carbonyl (C=O) groups excluding carboxylic acids is 1. The minimum Gasteiger partial charge on any atom is -0.394 e. The van der Waals surface area contributed by atoms with Crippen molar-refractivity contribution < 1.29 is 9.90 Å². The van der Waals surface area contributed by atoms with Crippen LogP contribution in [0, 0.1) is 0 Å². The lowest BCUT2D eigenvalue weighted by molar-refractivity contribution is 0.0900. The average Bonchev–Trinajstić information content (AvgIpc) is 3.04. The van der Waals surface area contributed by atoms with Crippen LogP contribution in [0.15, 0.2) is 42.9 Å². The van der Waals surface area contributed by atoms with Gasteiger partial charge in [-0.15, -0.1) is 0 Å². The van der Waals surface area contributed by atoms with Crippen molar-refractivity contribution in [1.82, 2.24) is 14.9 Å². The number of aliphatic hydroxyl groups is 1. The molecule has 3 rings (SSSR count). The summed E-state index contributed by atoms with van der Waals surface area (Å²) in [6.45, 7) is -0.0157. The van der Waals surface area contributed by atoms with Gasteiger partial charge >= 0.3 is 0 Å². The van der Waals surface area contributed by atoms with Crippen molar-refractivity contribution in [2.45, 2.75) is 18.4 Å². The summed E-state index contributed by atoms with van der Waals surface area (Å²) < 4.78 is 1.74. The van der Waals surface area contributed by atoms with Crippen molar-refractivity contribution in [3.8, 4) is 5.69 Å². The lowest BCUT2D eigenvalue weighted by Crippen LogP contribution is -2.40. The summed E-state index contributed by atoms with van der Waals surface area (Å²) in [5.41, 5.74) is 0.952. The third kappa shape index (κ3) is 2.24. The molecule has 5 nitrogen and oxygen atoms in total. The lowest BCUT2D eigenvalue weighted by atomic mass is 10.2. The van der Waals surface area contributed by atoms with Gasteiger partial charge < -0.3 is 10.4 Å². The fraction of sp³-hybridized carbons (Fsp3) is 0.286. The first kappa shape index (κ1) is 11.9. The first-order valence-electron chi connectivity index (χ1n) is 6.25. The number of amides is 1. The maximum atomic E-state index is 12.2. The molecular weight excluding hydrogens is 242 g/mol. The lowest BCUT2D eigenvalue weighted by Gasteiger charge is -2.15. The van der Waals surface area contributed by atoms with Gasteiger partial charge in [-0.25, -0.2) is 4.98 Å². The zero-order valence-corrected chi connectivity index (χ0v) is 10.4. The van der Waals surface area contributed by atoms with Gasteiger partial charge in [-0.2, -0.15) is 0 Å². The molecule has 1 aliphatic carbocycles. The van der Waals surface area contributed by atoms with Gasteiger partial charge in [0.15, 0.2) is 0 Å². The predicted molar refractivity (Wildman–Crippen MR) is 70.1 cm³/mol. The van der Waals surface area contributed by atoms with Gasteiger partial charge in [0, 0.05) is 5.69 Å². The molecule has 1 aromatic carbocycles. The summed E-state index contributed by atoms with van der Waals surface area (Å²) in [7, 11) is 0. The first-order valence-corrected chi connectivity index (χ1v) is 6.25. The molecule has 0 radical (unpaired) electrons. The molecule has 0 unspecified atom stereocenters. The number of aliphatic hydroxyl groups excluding tert-OH is 1. The standard InChI is InChI=1S/C14H15N3O2/c18-9-14(6-7-14)16-13(19)12-8-15-10-17(12)11-4-2-1-3-5-11/h1-5,8,10,18H,6-7,9H2,(H,16,19).